The van der Waals surface area contributed by atoms with Crippen LogP contribution in [-0.4, -0.2) is 34.9 Å². The molecule has 0 aliphatic carbocycles. The fourth-order valence-electron chi connectivity index (χ4n) is 3.13. The van der Waals surface area contributed by atoms with Crippen molar-refractivity contribution in [1.29, 1.82) is 0 Å². The Kier molecular flexibility index (Phi) is 3.88. The molecule has 2 aromatic rings. The highest BCUT2D eigenvalue weighted by molar-refractivity contribution is 5.84. The molecule has 1 aliphatic rings. The van der Waals surface area contributed by atoms with Gasteiger partial charge in [0.25, 0.3) is 0 Å². The Morgan fingerprint density at radius 3 is 3.10 bits per heavy atom. The van der Waals surface area contributed by atoms with Crippen LogP contribution in [0, 0.1) is 6.92 Å². The number of rotatable bonds is 3. The van der Waals surface area contributed by atoms with E-state index in [4.69, 9.17) is 0 Å². The first-order valence-electron chi connectivity index (χ1n) is 7.46. The number of amides is 1. The van der Waals surface area contributed by atoms with Gasteiger partial charge in [-0.15, -0.1) is 0 Å². The Bertz CT molecular complexity index is 668. The first kappa shape index (κ1) is 14.0. The van der Waals surface area contributed by atoms with Crippen LogP contribution in [0.2, 0.25) is 0 Å². The van der Waals surface area contributed by atoms with E-state index in [0.717, 1.165) is 31.6 Å². The summed E-state index contributed by atoms with van der Waals surface area (Å²) in [5.41, 5.74) is 3.62. The van der Waals surface area contributed by atoms with Gasteiger partial charge in [-0.1, -0.05) is 18.2 Å². The fraction of sp³-hybridized carbons (Fsp3) is 0.412. The minimum absolute atomic E-state index is 0.0619. The zero-order chi connectivity index (χ0) is 14.8. The van der Waals surface area contributed by atoms with Crippen molar-refractivity contribution >= 4 is 16.8 Å². The molecule has 1 fully saturated rings. The van der Waals surface area contributed by atoms with Crippen molar-refractivity contribution in [2.45, 2.75) is 32.9 Å². The molecule has 1 amide bonds. The molecule has 1 aliphatic heterocycles. The van der Waals surface area contributed by atoms with Crippen molar-refractivity contribution < 1.29 is 4.79 Å². The van der Waals surface area contributed by atoms with Crippen molar-refractivity contribution in [3.8, 4) is 0 Å². The summed E-state index contributed by atoms with van der Waals surface area (Å²) in [6.45, 7) is 6.55. The van der Waals surface area contributed by atoms with Crippen molar-refractivity contribution in [3.05, 3.63) is 41.6 Å². The average Bonchev–Trinajstić information content (AvgIpc) is 2.89. The summed E-state index contributed by atoms with van der Waals surface area (Å²) in [6, 6.07) is 8.77. The molecule has 0 radical (unpaired) electrons. The van der Waals surface area contributed by atoms with Crippen molar-refractivity contribution in [1.82, 2.24) is 15.2 Å². The Morgan fingerprint density at radius 2 is 2.29 bits per heavy atom. The van der Waals surface area contributed by atoms with Gasteiger partial charge in [-0.3, -0.25) is 14.7 Å². The highest BCUT2D eigenvalue weighted by atomic mass is 16.1. The largest absolute Gasteiger partial charge is 0.352 e. The smallest absolute Gasteiger partial charge is 0.217 e. The molecule has 0 unspecified atom stereocenters. The van der Waals surface area contributed by atoms with Gasteiger partial charge in [0.2, 0.25) is 5.91 Å². The van der Waals surface area contributed by atoms with Gasteiger partial charge >= 0.3 is 0 Å². The molecule has 4 nitrogen and oxygen atoms in total. The molecule has 0 spiro atoms. The Morgan fingerprint density at radius 1 is 1.43 bits per heavy atom. The summed E-state index contributed by atoms with van der Waals surface area (Å²) in [4.78, 5) is 18.0. The fourth-order valence-corrected chi connectivity index (χ4v) is 3.13. The lowest BCUT2D eigenvalue weighted by atomic mass is 10.0. The summed E-state index contributed by atoms with van der Waals surface area (Å²) in [6.07, 6.45) is 2.88. The van der Waals surface area contributed by atoms with E-state index >= 15 is 0 Å². The molecule has 4 heteroatoms. The molecule has 1 atom stereocenters. The van der Waals surface area contributed by atoms with Crippen LogP contribution < -0.4 is 5.32 Å². The standard InChI is InChI=1S/C17H21N3O/c1-12-5-6-14(16-4-3-8-18-17(12)16)10-20-9-7-15(11-20)19-13(2)21/h3-6,8,15H,7,9-11H2,1-2H3,(H,19,21)/t15-/m1/s1. The van der Waals surface area contributed by atoms with Crippen LogP contribution >= 0.6 is 0 Å². The molecule has 1 N–H and O–H groups in total. The van der Waals surface area contributed by atoms with E-state index in [0.29, 0.717) is 0 Å². The van der Waals surface area contributed by atoms with Gasteiger partial charge in [-0.25, -0.2) is 0 Å². The monoisotopic (exact) mass is 283 g/mol. The second-order valence-electron chi connectivity index (χ2n) is 5.86. The first-order valence-corrected chi connectivity index (χ1v) is 7.46. The highest BCUT2D eigenvalue weighted by Gasteiger charge is 2.23. The van der Waals surface area contributed by atoms with Gasteiger partial charge in [0.05, 0.1) is 5.52 Å². The van der Waals surface area contributed by atoms with E-state index in [1.165, 1.54) is 16.5 Å². The zero-order valence-corrected chi connectivity index (χ0v) is 12.6. The number of aromatic nitrogens is 1. The third kappa shape index (κ3) is 3.05. The quantitative estimate of drug-likeness (QED) is 0.939. The van der Waals surface area contributed by atoms with Crippen molar-refractivity contribution in [2.24, 2.45) is 0 Å². The van der Waals surface area contributed by atoms with E-state index in [1.807, 2.05) is 12.3 Å². The number of aryl methyl sites for hydroxylation is 1. The van der Waals surface area contributed by atoms with Crippen LogP contribution in [0.15, 0.2) is 30.5 Å². The van der Waals surface area contributed by atoms with Crippen LogP contribution in [0.25, 0.3) is 10.9 Å². The normalized spacial score (nSPS) is 19.0. The van der Waals surface area contributed by atoms with E-state index < -0.39 is 0 Å². The molecule has 0 saturated carbocycles. The third-order valence-corrected chi connectivity index (χ3v) is 4.14. The number of fused-ring (bicyclic) bond motifs is 1. The number of likely N-dealkylation sites (tertiary alicyclic amines) is 1. The molecule has 110 valence electrons. The SMILES string of the molecule is CC(=O)N[C@@H]1CCN(Cc2ccc(C)c3ncccc23)C1. The molecular formula is C17H21N3O. The molecule has 2 heterocycles. The predicted molar refractivity (Wildman–Crippen MR) is 84.0 cm³/mol. The molecule has 1 saturated heterocycles. The van der Waals surface area contributed by atoms with Crippen LogP contribution in [0.3, 0.4) is 0 Å². The summed E-state index contributed by atoms with van der Waals surface area (Å²) in [5.74, 6) is 0.0619. The highest BCUT2D eigenvalue weighted by Crippen LogP contribution is 2.23. The molecule has 3 rings (SSSR count). The predicted octanol–water partition coefficient (Wildman–Crippen LogP) is 2.25. The average molecular weight is 283 g/mol. The first-order chi connectivity index (χ1) is 10.1. The van der Waals surface area contributed by atoms with Gasteiger partial charge in [0.15, 0.2) is 0 Å². The number of carbonyl (C=O) groups is 1. The lowest BCUT2D eigenvalue weighted by Gasteiger charge is -2.18. The van der Waals surface area contributed by atoms with Gasteiger partial charge in [0.1, 0.15) is 0 Å². The molecule has 1 aromatic carbocycles. The summed E-state index contributed by atoms with van der Waals surface area (Å²) in [5, 5.41) is 4.25. The number of nitrogens with zero attached hydrogens (tertiary/aromatic N) is 2. The van der Waals surface area contributed by atoms with Crippen LogP contribution in [0.5, 0.6) is 0 Å². The molecule has 0 bridgehead atoms. The Hall–Kier alpha value is -1.94. The molecular weight excluding hydrogens is 262 g/mol. The summed E-state index contributed by atoms with van der Waals surface area (Å²) in [7, 11) is 0. The number of benzene rings is 1. The second-order valence-corrected chi connectivity index (χ2v) is 5.86. The van der Waals surface area contributed by atoms with Gasteiger partial charge in [0, 0.05) is 44.2 Å². The topological polar surface area (TPSA) is 45.2 Å². The van der Waals surface area contributed by atoms with E-state index in [9.17, 15) is 4.79 Å². The van der Waals surface area contributed by atoms with E-state index in [2.05, 4.69) is 40.3 Å². The maximum absolute atomic E-state index is 11.1. The van der Waals surface area contributed by atoms with E-state index in [1.54, 1.807) is 6.92 Å². The Balaban J connectivity index is 1.77. The number of hydrogen-bond donors (Lipinski definition) is 1. The minimum atomic E-state index is 0.0619. The van der Waals surface area contributed by atoms with Crippen molar-refractivity contribution in [2.75, 3.05) is 13.1 Å². The summed E-state index contributed by atoms with van der Waals surface area (Å²) >= 11 is 0. The lowest BCUT2D eigenvalue weighted by Crippen LogP contribution is -2.35. The maximum atomic E-state index is 11.1. The molecule has 21 heavy (non-hydrogen) atoms. The second kappa shape index (κ2) is 5.82. The number of pyridine rings is 1. The van der Waals surface area contributed by atoms with Crippen molar-refractivity contribution in [3.63, 3.8) is 0 Å². The van der Waals surface area contributed by atoms with Gasteiger partial charge < -0.3 is 5.32 Å². The summed E-state index contributed by atoms with van der Waals surface area (Å²) < 4.78 is 0. The maximum Gasteiger partial charge on any atom is 0.217 e. The zero-order valence-electron chi connectivity index (χ0n) is 12.6. The minimum Gasteiger partial charge on any atom is -0.352 e. The number of hydrogen-bond acceptors (Lipinski definition) is 3. The lowest BCUT2D eigenvalue weighted by molar-refractivity contribution is -0.119. The third-order valence-electron chi connectivity index (χ3n) is 4.14. The Labute approximate surface area is 125 Å². The van der Waals surface area contributed by atoms with Crippen LogP contribution in [0.4, 0.5) is 0 Å². The van der Waals surface area contributed by atoms with Crippen LogP contribution in [0.1, 0.15) is 24.5 Å². The number of nitrogens with one attached hydrogen (secondary N) is 1. The van der Waals surface area contributed by atoms with Crippen LogP contribution in [-0.2, 0) is 11.3 Å². The van der Waals surface area contributed by atoms with Gasteiger partial charge in [-0.2, -0.15) is 0 Å². The van der Waals surface area contributed by atoms with Gasteiger partial charge in [-0.05, 0) is 30.5 Å². The molecule has 1 aromatic heterocycles. The number of carbonyl (C=O) groups excluding carboxylic acids is 1. The van der Waals surface area contributed by atoms with E-state index in [-0.39, 0.29) is 11.9 Å².